The Hall–Kier alpha value is -3.63. The second-order valence-electron chi connectivity index (χ2n) is 12.5. The molecule has 0 atom stereocenters. The third-order valence-corrected chi connectivity index (χ3v) is 7.55. The maximum atomic E-state index is 13.1. The van der Waals surface area contributed by atoms with Gasteiger partial charge in [0.25, 0.3) is 0 Å². The third-order valence-electron chi connectivity index (χ3n) is 7.55. The molecule has 1 aromatic rings. The van der Waals surface area contributed by atoms with Crippen LogP contribution in [0.15, 0.2) is 18.2 Å². The number of hydrogen-bond donors (Lipinski definition) is 2. The summed E-state index contributed by atoms with van der Waals surface area (Å²) in [5, 5.41) is 31.3. The van der Waals surface area contributed by atoms with Gasteiger partial charge >= 0.3 is 0 Å². The molecule has 40 heavy (non-hydrogen) atoms. The van der Waals surface area contributed by atoms with Crippen molar-refractivity contribution in [2.45, 2.75) is 72.8 Å². The monoisotopic (exact) mass is 559 g/mol. The lowest BCUT2D eigenvalue weighted by Crippen LogP contribution is -2.67. The molecule has 1 aliphatic rings. The first kappa shape index (κ1) is 32.6. The summed E-state index contributed by atoms with van der Waals surface area (Å²) in [6.07, 6.45) is 2.45. The van der Waals surface area contributed by atoms with Crippen molar-refractivity contribution in [3.05, 3.63) is 23.8 Å². The Labute approximate surface area is 235 Å². The van der Waals surface area contributed by atoms with Crippen molar-refractivity contribution in [3.8, 4) is 11.5 Å². The van der Waals surface area contributed by atoms with Gasteiger partial charge in [0.05, 0.1) is 24.3 Å². The largest absolute Gasteiger partial charge is 0.546 e. The number of amidine groups is 1. The van der Waals surface area contributed by atoms with E-state index in [0.29, 0.717) is 25.7 Å². The predicted molar refractivity (Wildman–Crippen MR) is 144 cm³/mol. The highest BCUT2D eigenvalue weighted by molar-refractivity contribution is 6.00. The van der Waals surface area contributed by atoms with E-state index < -0.39 is 40.8 Å². The molecule has 0 unspecified atom stereocenters. The van der Waals surface area contributed by atoms with Crippen molar-refractivity contribution in [3.63, 3.8) is 0 Å². The van der Waals surface area contributed by atoms with Gasteiger partial charge in [-0.05, 0) is 43.9 Å². The number of rotatable bonds is 11. The van der Waals surface area contributed by atoms with Crippen LogP contribution in [0.3, 0.4) is 0 Å². The fraction of sp³-hybridized carbons (Fsp3) is 0.621. The highest BCUT2D eigenvalue weighted by Gasteiger charge is 2.55. The van der Waals surface area contributed by atoms with E-state index >= 15 is 0 Å². The molecule has 0 bridgehead atoms. The molecule has 1 fully saturated rings. The quantitative estimate of drug-likeness (QED) is 0.228. The van der Waals surface area contributed by atoms with Gasteiger partial charge in [-0.3, -0.25) is 15.0 Å². The minimum absolute atomic E-state index is 0.0247. The molecule has 1 amide bonds. The zero-order chi connectivity index (χ0) is 30.6. The Kier molecular flexibility index (Phi) is 9.99. The van der Waals surface area contributed by atoms with Gasteiger partial charge < -0.3 is 39.9 Å². The van der Waals surface area contributed by atoms with Gasteiger partial charge in [-0.2, -0.15) is 0 Å². The molecular formula is C29H41N3O8-2. The lowest BCUT2D eigenvalue weighted by atomic mass is 9.62. The predicted octanol–water partition coefficient (Wildman–Crippen LogP) is 1.16. The Morgan fingerprint density at radius 3 is 1.93 bits per heavy atom. The van der Waals surface area contributed by atoms with E-state index in [4.69, 9.17) is 20.6 Å². The number of hydrogen-bond acceptors (Lipinski definition) is 9. The summed E-state index contributed by atoms with van der Waals surface area (Å²) >= 11 is 0. The van der Waals surface area contributed by atoms with Gasteiger partial charge in [-0.15, -0.1) is 0 Å². The van der Waals surface area contributed by atoms with Crippen LogP contribution in [0.1, 0.15) is 77.6 Å². The Balaban J connectivity index is 2.34. The van der Waals surface area contributed by atoms with Gasteiger partial charge in [-0.1, -0.05) is 41.5 Å². The number of nitrogens with two attached hydrogens (primary N) is 1. The number of carbonyl (C=O) groups is 4. The number of carbonyl (C=O) groups excluding carboxylic acids is 4. The van der Waals surface area contributed by atoms with Crippen molar-refractivity contribution in [1.82, 2.24) is 4.90 Å². The number of aliphatic carboxylic acids is 2. The summed E-state index contributed by atoms with van der Waals surface area (Å²) in [7, 11) is 1.53. The Morgan fingerprint density at radius 1 is 0.950 bits per heavy atom. The summed E-state index contributed by atoms with van der Waals surface area (Å²) < 4.78 is 11.5. The number of carboxylic acids is 2. The molecule has 0 spiro atoms. The van der Waals surface area contributed by atoms with Crippen LogP contribution in [-0.4, -0.2) is 60.2 Å². The lowest BCUT2D eigenvalue weighted by molar-refractivity contribution is -0.337. The van der Waals surface area contributed by atoms with Crippen molar-refractivity contribution >= 4 is 29.5 Å². The Bertz CT molecular complexity index is 1130. The molecule has 1 aromatic carbocycles. The first-order valence-electron chi connectivity index (χ1n) is 13.3. The number of nitrogens with one attached hydrogen (secondary N) is 1. The maximum Gasteiger partial charge on any atom is 0.225 e. The molecule has 3 N–H and O–H groups in total. The maximum absolute atomic E-state index is 13.1. The van der Waals surface area contributed by atoms with E-state index in [-0.39, 0.29) is 47.2 Å². The van der Waals surface area contributed by atoms with Crippen LogP contribution in [0.5, 0.6) is 11.5 Å². The molecule has 1 aliphatic carbocycles. The van der Waals surface area contributed by atoms with Crippen LogP contribution in [0, 0.1) is 28.1 Å². The highest BCUT2D eigenvalue weighted by atomic mass is 16.6. The van der Waals surface area contributed by atoms with Crippen molar-refractivity contribution in [2.75, 3.05) is 20.2 Å². The molecule has 222 valence electrons. The van der Waals surface area contributed by atoms with E-state index in [0.717, 1.165) is 0 Å². The third kappa shape index (κ3) is 7.11. The van der Waals surface area contributed by atoms with Crippen LogP contribution in [0.2, 0.25) is 0 Å². The van der Waals surface area contributed by atoms with E-state index in [2.05, 4.69) is 0 Å². The summed E-state index contributed by atoms with van der Waals surface area (Å²) in [5.74, 6) is -4.01. The van der Waals surface area contributed by atoms with Gasteiger partial charge in [0.1, 0.15) is 6.61 Å². The SMILES string of the molecule is CN(CC(=O)c1ccc(OC(C(=O)[O-])(C(C)(C)C)C(C)(C)C)c(OCC(=O)[O-])c1)C(=O)C1CCC(C(=N)N)CC1. The second-order valence-corrected chi connectivity index (χ2v) is 12.5. The second kappa shape index (κ2) is 12.3. The molecular weight excluding hydrogens is 518 g/mol. The number of Topliss-reactive ketones (excluding diaryl/α,β-unsaturated/α-hetero) is 1. The number of nitrogens with zero attached hydrogens (tertiary/aromatic N) is 1. The summed E-state index contributed by atoms with van der Waals surface area (Å²) in [4.78, 5) is 51.1. The molecule has 1 saturated carbocycles. The van der Waals surface area contributed by atoms with Gasteiger partial charge in [-0.25, -0.2) is 0 Å². The smallest absolute Gasteiger partial charge is 0.225 e. The normalized spacial score (nSPS) is 18.0. The van der Waals surface area contributed by atoms with Gasteiger partial charge in [0.15, 0.2) is 22.9 Å². The van der Waals surface area contributed by atoms with E-state index in [1.54, 1.807) is 41.5 Å². The standard InChI is InChI=1S/C29H43N3O8/c1-27(2,3)29(26(37)38,28(4,5)6)40-21-13-12-19(14-22(21)39-16-23(34)35)20(33)15-32(7)25(36)18-10-8-17(9-11-18)24(30)31/h12-14,17-18H,8-11,15-16H2,1-7H3,(H3,30,31)(H,34,35)(H,37,38)/p-2. The van der Waals surface area contributed by atoms with Crippen LogP contribution < -0.4 is 25.4 Å². The molecule has 0 heterocycles. The summed E-state index contributed by atoms with van der Waals surface area (Å²) in [6.45, 7) is 9.03. The summed E-state index contributed by atoms with van der Waals surface area (Å²) in [5.41, 5.74) is 1.88. The molecule has 0 radical (unpaired) electrons. The number of ketones is 1. The Morgan fingerprint density at radius 2 is 1.48 bits per heavy atom. The van der Waals surface area contributed by atoms with E-state index in [1.165, 1.54) is 30.1 Å². The zero-order valence-corrected chi connectivity index (χ0v) is 24.4. The molecule has 2 rings (SSSR count). The zero-order valence-electron chi connectivity index (χ0n) is 24.4. The molecule has 11 heteroatoms. The molecule has 0 saturated heterocycles. The molecule has 11 nitrogen and oxygen atoms in total. The van der Waals surface area contributed by atoms with Crippen molar-refractivity contribution in [2.24, 2.45) is 28.4 Å². The number of carboxylic acid groups (broad SMARTS) is 2. The van der Waals surface area contributed by atoms with E-state index in [9.17, 15) is 29.4 Å². The average molecular weight is 560 g/mol. The van der Waals surface area contributed by atoms with Crippen molar-refractivity contribution in [1.29, 1.82) is 5.41 Å². The molecule has 0 aliphatic heterocycles. The fourth-order valence-corrected chi connectivity index (χ4v) is 5.61. The van der Waals surface area contributed by atoms with Crippen LogP contribution in [0.4, 0.5) is 0 Å². The highest BCUT2D eigenvalue weighted by Crippen LogP contribution is 2.48. The first-order chi connectivity index (χ1) is 18.3. The molecule has 0 aromatic heterocycles. The van der Waals surface area contributed by atoms with Gasteiger partial charge in [0, 0.05) is 35.3 Å². The summed E-state index contributed by atoms with van der Waals surface area (Å²) in [6, 6.07) is 4.02. The average Bonchev–Trinajstić information content (AvgIpc) is 2.83. The minimum Gasteiger partial charge on any atom is -0.546 e. The minimum atomic E-state index is -1.88. The van der Waals surface area contributed by atoms with Crippen LogP contribution in [0.25, 0.3) is 0 Å². The van der Waals surface area contributed by atoms with Crippen LogP contribution >= 0.6 is 0 Å². The first-order valence-corrected chi connectivity index (χ1v) is 13.3. The van der Waals surface area contributed by atoms with E-state index in [1.807, 2.05) is 0 Å². The number of benzene rings is 1. The topological polar surface area (TPSA) is 186 Å². The van der Waals surface area contributed by atoms with Gasteiger partial charge in [0.2, 0.25) is 5.91 Å². The van der Waals surface area contributed by atoms with Crippen molar-refractivity contribution < 1.29 is 38.9 Å². The van der Waals surface area contributed by atoms with Crippen LogP contribution in [-0.2, 0) is 14.4 Å². The number of amides is 1. The fourth-order valence-electron chi connectivity index (χ4n) is 5.61. The number of ether oxygens (including phenoxy) is 2. The lowest BCUT2D eigenvalue weighted by Gasteiger charge is -2.53. The number of likely N-dealkylation sites (N-methyl/N-ethyl adjacent to an activating group) is 1.